The summed E-state index contributed by atoms with van der Waals surface area (Å²) in [5.41, 5.74) is 9.01. The Bertz CT molecular complexity index is 1080. The van der Waals surface area contributed by atoms with E-state index in [1.54, 1.807) is 7.11 Å². The molecule has 1 aliphatic heterocycles. The van der Waals surface area contributed by atoms with Crippen molar-refractivity contribution in [2.45, 2.75) is 44.8 Å². The number of likely N-dealkylation sites (tertiary alicyclic amines) is 1. The molecule has 0 aliphatic carbocycles. The van der Waals surface area contributed by atoms with Crippen molar-refractivity contribution < 1.29 is 14.3 Å². The van der Waals surface area contributed by atoms with Crippen molar-refractivity contribution in [3.63, 3.8) is 0 Å². The number of nitrogens with zero attached hydrogens (tertiary/aromatic N) is 1. The summed E-state index contributed by atoms with van der Waals surface area (Å²) in [5.74, 6) is 2.34. The number of hydrogen-bond donors (Lipinski definition) is 1. The Morgan fingerprint density at radius 3 is 2.39 bits per heavy atom. The van der Waals surface area contributed by atoms with Gasteiger partial charge in [-0.1, -0.05) is 60.7 Å². The summed E-state index contributed by atoms with van der Waals surface area (Å²) in [4.78, 5) is 15.4. The van der Waals surface area contributed by atoms with Gasteiger partial charge in [0.05, 0.1) is 7.11 Å². The van der Waals surface area contributed by atoms with Gasteiger partial charge >= 0.3 is 0 Å². The fourth-order valence-corrected chi connectivity index (χ4v) is 4.92. The molecule has 4 rings (SSSR count). The van der Waals surface area contributed by atoms with Crippen molar-refractivity contribution in [1.82, 2.24) is 4.90 Å². The van der Waals surface area contributed by atoms with Crippen LogP contribution in [0.3, 0.4) is 0 Å². The third-order valence-electron chi connectivity index (χ3n) is 7.09. The van der Waals surface area contributed by atoms with Crippen LogP contribution >= 0.6 is 0 Å². The number of rotatable bonds is 12. The van der Waals surface area contributed by atoms with Crippen LogP contribution in [0.5, 0.6) is 11.5 Å². The fourth-order valence-electron chi connectivity index (χ4n) is 4.92. The number of ether oxygens (including phenoxy) is 2. The molecule has 1 aliphatic rings. The number of nitrogens with two attached hydrogens (primary N) is 1. The van der Waals surface area contributed by atoms with Gasteiger partial charge in [0.1, 0.15) is 17.6 Å². The maximum absolute atomic E-state index is 12.9. The first-order valence-corrected chi connectivity index (χ1v) is 13.0. The molecule has 0 bridgehead atoms. The second-order valence-electron chi connectivity index (χ2n) is 9.65. The number of carbonyl (C=O) groups is 1. The molecule has 1 fully saturated rings. The van der Waals surface area contributed by atoms with Crippen LogP contribution in [0.2, 0.25) is 0 Å². The van der Waals surface area contributed by atoms with Gasteiger partial charge in [-0.25, -0.2) is 0 Å². The van der Waals surface area contributed by atoms with Gasteiger partial charge in [-0.15, -0.1) is 0 Å². The largest absolute Gasteiger partial charge is 0.497 e. The van der Waals surface area contributed by atoms with Crippen molar-refractivity contribution in [3.05, 3.63) is 95.6 Å². The van der Waals surface area contributed by atoms with Crippen LogP contribution in [0.15, 0.2) is 78.9 Å². The van der Waals surface area contributed by atoms with E-state index in [9.17, 15) is 4.79 Å². The number of carbonyl (C=O) groups excluding carboxylic acids is 1. The first-order valence-electron chi connectivity index (χ1n) is 13.0. The number of benzene rings is 3. The molecule has 0 spiro atoms. The number of Topliss-reactive ketones (excluding diaryl/α,β-unsaturated/α-hetero) is 1. The summed E-state index contributed by atoms with van der Waals surface area (Å²) < 4.78 is 11.5. The normalized spacial score (nSPS) is 15.4. The summed E-state index contributed by atoms with van der Waals surface area (Å²) >= 11 is 0. The minimum absolute atomic E-state index is 0.174. The zero-order valence-corrected chi connectivity index (χ0v) is 21.3. The van der Waals surface area contributed by atoms with E-state index in [2.05, 4.69) is 35.2 Å². The standard InChI is InChI=1S/C31H38N2O3/c1-35-28-8-5-9-29(22-28)36-31(16-19-32)27-13-11-26(12-14-27)30(34)15-10-24-17-20-33(21-18-24)23-25-6-3-2-4-7-25/h2-9,11-14,22,24,31H,10,15-21,23,32H2,1H3. The lowest BCUT2D eigenvalue weighted by atomic mass is 9.90. The molecule has 190 valence electrons. The van der Waals surface area contributed by atoms with E-state index in [-0.39, 0.29) is 11.9 Å². The van der Waals surface area contributed by atoms with Gasteiger partial charge < -0.3 is 15.2 Å². The molecular formula is C31H38N2O3. The minimum Gasteiger partial charge on any atom is -0.497 e. The predicted molar refractivity (Wildman–Crippen MR) is 144 cm³/mol. The average Bonchev–Trinajstić information content (AvgIpc) is 2.93. The van der Waals surface area contributed by atoms with Gasteiger partial charge in [-0.2, -0.15) is 0 Å². The molecule has 0 aromatic heterocycles. The van der Waals surface area contributed by atoms with Crippen LogP contribution in [0, 0.1) is 5.92 Å². The van der Waals surface area contributed by atoms with Crippen LogP contribution in [0.4, 0.5) is 0 Å². The van der Waals surface area contributed by atoms with Crippen LogP contribution in [0.1, 0.15) is 59.7 Å². The highest BCUT2D eigenvalue weighted by Gasteiger charge is 2.21. The molecule has 5 nitrogen and oxygen atoms in total. The fraction of sp³-hybridized carbons (Fsp3) is 0.387. The van der Waals surface area contributed by atoms with Crippen molar-refractivity contribution in [2.24, 2.45) is 11.7 Å². The minimum atomic E-state index is -0.174. The SMILES string of the molecule is COc1cccc(OC(CCN)c2ccc(C(=O)CCC3CCN(Cc4ccccc4)CC3)cc2)c1. The lowest BCUT2D eigenvalue weighted by molar-refractivity contribution is 0.0961. The van der Waals surface area contributed by atoms with E-state index >= 15 is 0 Å². The van der Waals surface area contributed by atoms with Gasteiger partial charge in [0.15, 0.2) is 5.78 Å². The Kier molecular flexibility index (Phi) is 9.54. The average molecular weight is 487 g/mol. The van der Waals surface area contributed by atoms with Crippen molar-refractivity contribution in [2.75, 3.05) is 26.7 Å². The first-order chi connectivity index (χ1) is 17.6. The molecule has 1 heterocycles. The number of piperidine rings is 1. The molecule has 2 N–H and O–H groups in total. The van der Waals surface area contributed by atoms with Gasteiger partial charge in [0.25, 0.3) is 0 Å². The molecular weight excluding hydrogens is 448 g/mol. The van der Waals surface area contributed by atoms with E-state index in [1.807, 2.05) is 48.5 Å². The Balaban J connectivity index is 1.26. The van der Waals surface area contributed by atoms with Gasteiger partial charge in [-0.3, -0.25) is 9.69 Å². The second kappa shape index (κ2) is 13.2. The van der Waals surface area contributed by atoms with E-state index < -0.39 is 0 Å². The molecule has 1 atom stereocenters. The molecule has 3 aromatic carbocycles. The molecule has 1 saturated heterocycles. The monoisotopic (exact) mass is 486 g/mol. The third-order valence-corrected chi connectivity index (χ3v) is 7.09. The summed E-state index contributed by atoms with van der Waals surface area (Å²) in [6, 6.07) is 26.1. The van der Waals surface area contributed by atoms with Crippen LogP contribution in [-0.4, -0.2) is 37.4 Å². The third kappa shape index (κ3) is 7.42. The predicted octanol–water partition coefficient (Wildman–Crippen LogP) is 6.04. The summed E-state index contributed by atoms with van der Waals surface area (Å²) in [6.45, 7) is 3.75. The van der Waals surface area contributed by atoms with E-state index in [0.29, 0.717) is 25.3 Å². The quantitative estimate of drug-likeness (QED) is 0.316. The zero-order valence-electron chi connectivity index (χ0n) is 21.3. The van der Waals surface area contributed by atoms with Gasteiger partial charge in [-0.05, 0) is 68.1 Å². The highest BCUT2D eigenvalue weighted by Crippen LogP contribution is 2.28. The first kappa shape index (κ1) is 25.9. The van der Waals surface area contributed by atoms with E-state index in [4.69, 9.17) is 15.2 Å². The molecule has 0 radical (unpaired) electrons. The lowest BCUT2D eigenvalue weighted by Crippen LogP contribution is -2.33. The highest BCUT2D eigenvalue weighted by atomic mass is 16.5. The Labute approximate surface area is 215 Å². The van der Waals surface area contributed by atoms with Crippen molar-refractivity contribution >= 4 is 5.78 Å². The van der Waals surface area contributed by atoms with E-state index in [1.165, 1.54) is 18.4 Å². The maximum Gasteiger partial charge on any atom is 0.162 e. The highest BCUT2D eigenvalue weighted by molar-refractivity contribution is 5.96. The molecule has 0 saturated carbocycles. The number of methoxy groups -OCH3 is 1. The summed E-state index contributed by atoms with van der Waals surface area (Å²) in [6.07, 6.45) is 4.42. The van der Waals surface area contributed by atoms with Gasteiger partial charge in [0.2, 0.25) is 0 Å². The zero-order chi connectivity index (χ0) is 25.2. The molecule has 1 unspecified atom stereocenters. The lowest BCUT2D eigenvalue weighted by Gasteiger charge is -2.32. The Morgan fingerprint density at radius 2 is 1.69 bits per heavy atom. The Morgan fingerprint density at radius 1 is 0.972 bits per heavy atom. The van der Waals surface area contributed by atoms with Crippen molar-refractivity contribution in [1.29, 1.82) is 0 Å². The Hall–Kier alpha value is -3.15. The molecule has 3 aromatic rings. The maximum atomic E-state index is 12.9. The molecule has 5 heteroatoms. The van der Waals surface area contributed by atoms with Crippen LogP contribution in [0.25, 0.3) is 0 Å². The second-order valence-corrected chi connectivity index (χ2v) is 9.65. The molecule has 36 heavy (non-hydrogen) atoms. The van der Waals surface area contributed by atoms with Gasteiger partial charge in [0, 0.05) is 31.0 Å². The van der Waals surface area contributed by atoms with Crippen molar-refractivity contribution in [3.8, 4) is 11.5 Å². The van der Waals surface area contributed by atoms with Crippen LogP contribution in [-0.2, 0) is 6.54 Å². The topological polar surface area (TPSA) is 64.8 Å². The summed E-state index contributed by atoms with van der Waals surface area (Å²) in [5, 5.41) is 0. The molecule has 0 amide bonds. The van der Waals surface area contributed by atoms with Crippen LogP contribution < -0.4 is 15.2 Å². The summed E-state index contributed by atoms with van der Waals surface area (Å²) in [7, 11) is 1.64. The number of hydrogen-bond acceptors (Lipinski definition) is 5. The smallest absolute Gasteiger partial charge is 0.162 e. The number of ketones is 1. The van der Waals surface area contributed by atoms with E-state index in [0.717, 1.165) is 48.7 Å².